The molecular formula is C12H25NO. The van der Waals surface area contributed by atoms with Gasteiger partial charge in [0.15, 0.2) is 5.78 Å². The predicted octanol–water partition coefficient (Wildman–Crippen LogP) is 2.77. The summed E-state index contributed by atoms with van der Waals surface area (Å²) in [5, 5.41) is 3.11. The standard InChI is InChI=1S/C12H25NO/c1-5-6-7-8-9-11(13-4)12(14)10(2)3/h10-11,13H,5-9H2,1-4H3. The van der Waals surface area contributed by atoms with E-state index in [-0.39, 0.29) is 12.0 Å². The molecule has 0 aromatic heterocycles. The topological polar surface area (TPSA) is 29.1 Å². The first kappa shape index (κ1) is 13.6. The summed E-state index contributed by atoms with van der Waals surface area (Å²) >= 11 is 0. The van der Waals surface area contributed by atoms with E-state index >= 15 is 0 Å². The van der Waals surface area contributed by atoms with Crippen LogP contribution in [0.4, 0.5) is 0 Å². The summed E-state index contributed by atoms with van der Waals surface area (Å²) in [6.45, 7) is 6.15. The molecule has 1 atom stereocenters. The fourth-order valence-corrected chi connectivity index (χ4v) is 1.61. The molecule has 0 bridgehead atoms. The zero-order valence-electron chi connectivity index (χ0n) is 10.1. The SMILES string of the molecule is CCCCCCC(NC)C(=O)C(C)C. The highest BCUT2D eigenvalue weighted by Gasteiger charge is 2.18. The van der Waals surface area contributed by atoms with Crippen molar-refractivity contribution in [3.8, 4) is 0 Å². The number of ketones is 1. The lowest BCUT2D eigenvalue weighted by molar-refractivity contribution is -0.124. The Hall–Kier alpha value is -0.370. The van der Waals surface area contributed by atoms with Crippen molar-refractivity contribution in [2.45, 2.75) is 58.9 Å². The van der Waals surface area contributed by atoms with Crippen LogP contribution in [0.1, 0.15) is 52.9 Å². The third kappa shape index (κ3) is 5.38. The molecule has 0 aliphatic carbocycles. The van der Waals surface area contributed by atoms with Crippen LogP contribution >= 0.6 is 0 Å². The third-order valence-electron chi connectivity index (χ3n) is 2.61. The Labute approximate surface area is 88.5 Å². The van der Waals surface area contributed by atoms with E-state index in [0.29, 0.717) is 5.78 Å². The Balaban J connectivity index is 3.73. The van der Waals surface area contributed by atoms with Crippen LogP contribution in [0.3, 0.4) is 0 Å². The van der Waals surface area contributed by atoms with E-state index in [2.05, 4.69) is 12.2 Å². The van der Waals surface area contributed by atoms with Crippen molar-refractivity contribution in [3.63, 3.8) is 0 Å². The van der Waals surface area contributed by atoms with Crippen LogP contribution in [-0.4, -0.2) is 18.9 Å². The quantitative estimate of drug-likeness (QED) is 0.609. The Bertz CT molecular complexity index is 154. The van der Waals surface area contributed by atoms with Crippen LogP contribution in [0.15, 0.2) is 0 Å². The van der Waals surface area contributed by atoms with Gasteiger partial charge in [-0.05, 0) is 13.5 Å². The van der Waals surface area contributed by atoms with Gasteiger partial charge in [-0.25, -0.2) is 0 Å². The van der Waals surface area contributed by atoms with Gasteiger partial charge in [0, 0.05) is 5.92 Å². The molecule has 0 spiro atoms. The van der Waals surface area contributed by atoms with Crippen molar-refractivity contribution in [1.29, 1.82) is 0 Å². The van der Waals surface area contributed by atoms with E-state index in [1.807, 2.05) is 20.9 Å². The highest BCUT2D eigenvalue weighted by atomic mass is 16.1. The largest absolute Gasteiger partial charge is 0.311 e. The van der Waals surface area contributed by atoms with E-state index in [9.17, 15) is 4.79 Å². The Morgan fingerprint density at radius 2 is 1.86 bits per heavy atom. The van der Waals surface area contributed by atoms with Gasteiger partial charge in [-0.3, -0.25) is 4.79 Å². The molecule has 1 N–H and O–H groups in total. The van der Waals surface area contributed by atoms with Gasteiger partial charge in [0.25, 0.3) is 0 Å². The number of carbonyl (C=O) groups excluding carboxylic acids is 1. The van der Waals surface area contributed by atoms with Gasteiger partial charge in [0.1, 0.15) is 0 Å². The number of carbonyl (C=O) groups is 1. The summed E-state index contributed by atoms with van der Waals surface area (Å²) in [6, 6.07) is 0.0758. The minimum atomic E-state index is 0.0758. The number of nitrogens with one attached hydrogen (secondary N) is 1. The monoisotopic (exact) mass is 199 g/mol. The minimum absolute atomic E-state index is 0.0758. The van der Waals surface area contributed by atoms with Gasteiger partial charge in [0.05, 0.1) is 6.04 Å². The maximum absolute atomic E-state index is 11.7. The zero-order valence-corrected chi connectivity index (χ0v) is 10.1. The molecule has 0 radical (unpaired) electrons. The number of hydrogen-bond acceptors (Lipinski definition) is 2. The fourth-order valence-electron chi connectivity index (χ4n) is 1.61. The highest BCUT2D eigenvalue weighted by molar-refractivity contribution is 5.85. The molecular weight excluding hydrogens is 174 g/mol. The number of unbranched alkanes of at least 4 members (excludes halogenated alkanes) is 3. The molecule has 1 unspecified atom stereocenters. The molecule has 14 heavy (non-hydrogen) atoms. The summed E-state index contributed by atoms with van der Waals surface area (Å²) in [7, 11) is 1.88. The van der Waals surface area contributed by atoms with Gasteiger partial charge in [-0.2, -0.15) is 0 Å². The molecule has 0 aliphatic heterocycles. The second kappa shape index (κ2) is 7.98. The molecule has 84 valence electrons. The number of likely N-dealkylation sites (N-methyl/N-ethyl adjacent to an activating group) is 1. The van der Waals surface area contributed by atoms with E-state index in [1.165, 1.54) is 19.3 Å². The van der Waals surface area contributed by atoms with Crippen molar-refractivity contribution in [1.82, 2.24) is 5.32 Å². The molecule has 0 aliphatic rings. The second-order valence-corrected chi connectivity index (χ2v) is 4.25. The van der Waals surface area contributed by atoms with Gasteiger partial charge in [0.2, 0.25) is 0 Å². The Kier molecular flexibility index (Phi) is 7.77. The van der Waals surface area contributed by atoms with E-state index in [1.54, 1.807) is 0 Å². The van der Waals surface area contributed by atoms with Crippen molar-refractivity contribution < 1.29 is 4.79 Å². The summed E-state index contributed by atoms with van der Waals surface area (Å²) in [6.07, 6.45) is 5.94. The molecule has 0 aromatic carbocycles. The molecule has 0 heterocycles. The number of rotatable bonds is 8. The van der Waals surface area contributed by atoms with Gasteiger partial charge < -0.3 is 5.32 Å². The molecule has 2 heteroatoms. The first-order valence-corrected chi connectivity index (χ1v) is 5.84. The van der Waals surface area contributed by atoms with Crippen LogP contribution in [-0.2, 0) is 4.79 Å². The number of hydrogen-bond donors (Lipinski definition) is 1. The predicted molar refractivity (Wildman–Crippen MR) is 61.5 cm³/mol. The summed E-state index contributed by atoms with van der Waals surface area (Å²) in [4.78, 5) is 11.7. The van der Waals surface area contributed by atoms with E-state index < -0.39 is 0 Å². The van der Waals surface area contributed by atoms with Crippen LogP contribution in [0.5, 0.6) is 0 Å². The first-order valence-electron chi connectivity index (χ1n) is 5.84. The van der Waals surface area contributed by atoms with Crippen LogP contribution in [0, 0.1) is 5.92 Å². The van der Waals surface area contributed by atoms with Gasteiger partial charge in [-0.1, -0.05) is 46.5 Å². The zero-order chi connectivity index (χ0) is 11.0. The van der Waals surface area contributed by atoms with Crippen molar-refractivity contribution in [2.24, 2.45) is 5.92 Å². The Morgan fingerprint density at radius 3 is 2.29 bits per heavy atom. The smallest absolute Gasteiger partial charge is 0.152 e. The van der Waals surface area contributed by atoms with E-state index in [4.69, 9.17) is 0 Å². The summed E-state index contributed by atoms with van der Waals surface area (Å²) in [5.41, 5.74) is 0. The van der Waals surface area contributed by atoms with Crippen LogP contribution < -0.4 is 5.32 Å². The van der Waals surface area contributed by atoms with Gasteiger partial charge >= 0.3 is 0 Å². The molecule has 0 rings (SSSR count). The van der Waals surface area contributed by atoms with Gasteiger partial charge in [-0.15, -0.1) is 0 Å². The van der Waals surface area contributed by atoms with Crippen molar-refractivity contribution in [2.75, 3.05) is 7.05 Å². The Morgan fingerprint density at radius 1 is 1.21 bits per heavy atom. The average molecular weight is 199 g/mol. The lowest BCUT2D eigenvalue weighted by Gasteiger charge is -2.16. The fraction of sp³-hybridized carbons (Fsp3) is 0.917. The van der Waals surface area contributed by atoms with Crippen molar-refractivity contribution >= 4 is 5.78 Å². The molecule has 0 saturated heterocycles. The molecule has 0 amide bonds. The normalized spacial score (nSPS) is 13.2. The average Bonchev–Trinajstić information content (AvgIpc) is 2.17. The maximum Gasteiger partial charge on any atom is 0.152 e. The summed E-state index contributed by atoms with van der Waals surface area (Å²) in [5.74, 6) is 0.502. The molecule has 0 saturated carbocycles. The highest BCUT2D eigenvalue weighted by Crippen LogP contribution is 2.09. The maximum atomic E-state index is 11.7. The van der Waals surface area contributed by atoms with Crippen LogP contribution in [0.25, 0.3) is 0 Å². The lowest BCUT2D eigenvalue weighted by Crippen LogP contribution is -2.36. The lowest BCUT2D eigenvalue weighted by atomic mass is 9.97. The number of Topliss-reactive ketones (excluding diaryl/α,β-unsaturated/α-hetero) is 1. The minimum Gasteiger partial charge on any atom is -0.311 e. The third-order valence-corrected chi connectivity index (χ3v) is 2.61. The van der Waals surface area contributed by atoms with Crippen molar-refractivity contribution in [3.05, 3.63) is 0 Å². The second-order valence-electron chi connectivity index (χ2n) is 4.25. The van der Waals surface area contributed by atoms with E-state index in [0.717, 1.165) is 12.8 Å². The first-order chi connectivity index (χ1) is 6.63. The summed E-state index contributed by atoms with van der Waals surface area (Å²) < 4.78 is 0. The molecule has 0 fully saturated rings. The molecule has 0 aromatic rings. The molecule has 2 nitrogen and oxygen atoms in total. The van der Waals surface area contributed by atoms with Crippen LogP contribution in [0.2, 0.25) is 0 Å².